The molecule has 2 aromatic carbocycles. The summed E-state index contributed by atoms with van der Waals surface area (Å²) in [5, 5.41) is 0.580. The Bertz CT molecular complexity index is 622. The molecule has 0 aliphatic carbocycles. The van der Waals surface area contributed by atoms with Gasteiger partial charge in [-0.2, -0.15) is 0 Å². The summed E-state index contributed by atoms with van der Waals surface area (Å²) in [5.74, 6) is -0.299. The maximum Gasteiger partial charge on any atom is 0.128 e. The lowest BCUT2D eigenvalue weighted by atomic mass is 9.95. The van der Waals surface area contributed by atoms with E-state index >= 15 is 0 Å². The van der Waals surface area contributed by atoms with Crippen LogP contribution in [0.4, 0.5) is 4.39 Å². The lowest BCUT2D eigenvalue weighted by Crippen LogP contribution is -2.15. The van der Waals surface area contributed by atoms with Gasteiger partial charge in [0.1, 0.15) is 5.82 Å². The van der Waals surface area contributed by atoms with Crippen molar-refractivity contribution >= 4 is 11.6 Å². The van der Waals surface area contributed by atoms with Crippen molar-refractivity contribution in [1.82, 2.24) is 0 Å². The molecule has 0 amide bonds. The Morgan fingerprint density at radius 1 is 1.00 bits per heavy atom. The summed E-state index contributed by atoms with van der Waals surface area (Å²) in [5.41, 5.74) is 10.6. The summed E-state index contributed by atoms with van der Waals surface area (Å²) in [4.78, 5) is 0. The van der Waals surface area contributed by atoms with E-state index in [1.165, 1.54) is 6.07 Å². The number of nitrogens with two attached hydrogens (primary N) is 1. The number of benzene rings is 2. The van der Waals surface area contributed by atoms with Crippen molar-refractivity contribution in [3.05, 3.63) is 69.0 Å². The highest BCUT2D eigenvalue weighted by Crippen LogP contribution is 2.30. The van der Waals surface area contributed by atoms with E-state index in [2.05, 4.69) is 0 Å². The van der Waals surface area contributed by atoms with Crippen LogP contribution in [0.5, 0.6) is 0 Å². The molecule has 0 radical (unpaired) electrons. The summed E-state index contributed by atoms with van der Waals surface area (Å²) in [6.07, 6.45) is 0. The fourth-order valence-electron chi connectivity index (χ4n) is 2.11. The summed E-state index contributed by atoms with van der Waals surface area (Å²) in [6, 6.07) is 8.20. The van der Waals surface area contributed by atoms with Gasteiger partial charge in [0.2, 0.25) is 0 Å². The Labute approximate surface area is 118 Å². The fourth-order valence-corrected chi connectivity index (χ4v) is 2.45. The van der Waals surface area contributed by atoms with Crippen molar-refractivity contribution in [3.8, 4) is 0 Å². The summed E-state index contributed by atoms with van der Waals surface area (Å²) >= 11 is 6.24. The average molecular weight is 278 g/mol. The van der Waals surface area contributed by atoms with Crippen molar-refractivity contribution in [2.24, 2.45) is 5.73 Å². The van der Waals surface area contributed by atoms with E-state index in [1.54, 1.807) is 12.1 Å². The maximum atomic E-state index is 13.9. The van der Waals surface area contributed by atoms with Gasteiger partial charge in [-0.05, 0) is 49.6 Å². The van der Waals surface area contributed by atoms with Crippen LogP contribution in [0.3, 0.4) is 0 Å². The molecule has 3 heteroatoms. The molecule has 0 aromatic heterocycles. The highest BCUT2D eigenvalue weighted by atomic mass is 35.5. The van der Waals surface area contributed by atoms with Crippen LogP contribution < -0.4 is 5.73 Å². The molecule has 1 unspecified atom stereocenters. The first-order valence-electron chi connectivity index (χ1n) is 6.18. The molecular formula is C16H17ClFN. The minimum Gasteiger partial charge on any atom is -0.320 e. The van der Waals surface area contributed by atoms with Crippen LogP contribution in [0, 0.1) is 26.6 Å². The standard InChI is InChI=1S/C16H17ClFN/c1-9-4-5-15(18)13(6-9)16(19)12-7-10(2)11(3)8-14(12)17/h4-8,16H,19H2,1-3H3. The van der Waals surface area contributed by atoms with Gasteiger partial charge in [0.25, 0.3) is 0 Å². The smallest absolute Gasteiger partial charge is 0.128 e. The van der Waals surface area contributed by atoms with Crippen LogP contribution in [0.25, 0.3) is 0 Å². The minimum absolute atomic E-state index is 0.299. The van der Waals surface area contributed by atoms with E-state index < -0.39 is 6.04 Å². The summed E-state index contributed by atoms with van der Waals surface area (Å²) < 4.78 is 13.9. The zero-order chi connectivity index (χ0) is 14.2. The maximum absolute atomic E-state index is 13.9. The third kappa shape index (κ3) is 2.80. The number of rotatable bonds is 2. The zero-order valence-corrected chi connectivity index (χ0v) is 12.1. The first kappa shape index (κ1) is 14.0. The van der Waals surface area contributed by atoms with Gasteiger partial charge in [-0.1, -0.05) is 35.4 Å². The molecule has 100 valence electrons. The van der Waals surface area contributed by atoms with Crippen molar-refractivity contribution < 1.29 is 4.39 Å². The average Bonchev–Trinajstić information content (AvgIpc) is 2.36. The van der Waals surface area contributed by atoms with Crippen LogP contribution in [0.1, 0.15) is 33.9 Å². The lowest BCUT2D eigenvalue weighted by molar-refractivity contribution is 0.599. The van der Waals surface area contributed by atoms with Crippen LogP contribution in [0.2, 0.25) is 5.02 Å². The van der Waals surface area contributed by atoms with E-state index in [9.17, 15) is 4.39 Å². The third-order valence-electron chi connectivity index (χ3n) is 3.43. The van der Waals surface area contributed by atoms with Gasteiger partial charge in [-0.25, -0.2) is 4.39 Å². The van der Waals surface area contributed by atoms with Gasteiger partial charge >= 0.3 is 0 Å². The van der Waals surface area contributed by atoms with Crippen LogP contribution in [0.15, 0.2) is 30.3 Å². The molecule has 0 aliphatic rings. The van der Waals surface area contributed by atoms with Gasteiger partial charge in [0.05, 0.1) is 6.04 Å². The van der Waals surface area contributed by atoms with Gasteiger partial charge in [-0.15, -0.1) is 0 Å². The summed E-state index contributed by atoms with van der Waals surface area (Å²) in [6.45, 7) is 5.90. The molecule has 0 fully saturated rings. The second-order valence-corrected chi connectivity index (χ2v) is 5.37. The molecule has 0 saturated carbocycles. The number of hydrogen-bond acceptors (Lipinski definition) is 1. The molecule has 0 aliphatic heterocycles. The van der Waals surface area contributed by atoms with Gasteiger partial charge < -0.3 is 5.73 Å². The zero-order valence-electron chi connectivity index (χ0n) is 11.3. The molecule has 0 spiro atoms. The number of halogens is 2. The first-order chi connectivity index (χ1) is 8.90. The monoisotopic (exact) mass is 277 g/mol. The predicted octanol–water partition coefficient (Wildman–Crippen LogP) is 4.45. The van der Waals surface area contributed by atoms with Crippen LogP contribution in [-0.2, 0) is 0 Å². The Morgan fingerprint density at radius 2 is 1.63 bits per heavy atom. The second-order valence-electron chi connectivity index (χ2n) is 4.96. The summed E-state index contributed by atoms with van der Waals surface area (Å²) in [7, 11) is 0. The highest BCUT2D eigenvalue weighted by molar-refractivity contribution is 6.31. The van der Waals surface area contributed by atoms with Gasteiger partial charge in [0.15, 0.2) is 0 Å². The molecule has 1 atom stereocenters. The third-order valence-corrected chi connectivity index (χ3v) is 3.76. The highest BCUT2D eigenvalue weighted by Gasteiger charge is 2.17. The Morgan fingerprint density at radius 3 is 2.32 bits per heavy atom. The van der Waals surface area contributed by atoms with Crippen molar-refractivity contribution in [3.63, 3.8) is 0 Å². The lowest BCUT2D eigenvalue weighted by Gasteiger charge is -2.17. The Balaban J connectivity index is 2.52. The van der Waals surface area contributed by atoms with E-state index in [-0.39, 0.29) is 5.82 Å². The quantitative estimate of drug-likeness (QED) is 0.862. The molecular weight excluding hydrogens is 261 g/mol. The van der Waals surface area contributed by atoms with E-state index in [0.29, 0.717) is 10.6 Å². The van der Waals surface area contributed by atoms with Crippen molar-refractivity contribution in [1.29, 1.82) is 0 Å². The van der Waals surface area contributed by atoms with Crippen LogP contribution >= 0.6 is 11.6 Å². The number of aryl methyl sites for hydroxylation is 3. The minimum atomic E-state index is -0.549. The number of hydrogen-bond donors (Lipinski definition) is 1. The van der Waals surface area contributed by atoms with E-state index in [4.69, 9.17) is 17.3 Å². The second kappa shape index (κ2) is 5.32. The largest absolute Gasteiger partial charge is 0.320 e. The Kier molecular flexibility index (Phi) is 3.93. The molecule has 1 nitrogen and oxygen atoms in total. The normalized spacial score (nSPS) is 12.5. The molecule has 2 N–H and O–H groups in total. The van der Waals surface area contributed by atoms with E-state index in [0.717, 1.165) is 22.3 Å². The van der Waals surface area contributed by atoms with Gasteiger partial charge in [-0.3, -0.25) is 0 Å². The molecule has 19 heavy (non-hydrogen) atoms. The molecule has 2 aromatic rings. The topological polar surface area (TPSA) is 26.0 Å². The van der Waals surface area contributed by atoms with Crippen molar-refractivity contribution in [2.45, 2.75) is 26.8 Å². The fraction of sp³-hybridized carbons (Fsp3) is 0.250. The van der Waals surface area contributed by atoms with E-state index in [1.807, 2.05) is 32.9 Å². The van der Waals surface area contributed by atoms with Crippen molar-refractivity contribution in [2.75, 3.05) is 0 Å². The SMILES string of the molecule is Cc1ccc(F)c(C(N)c2cc(C)c(C)cc2Cl)c1. The molecule has 0 saturated heterocycles. The first-order valence-corrected chi connectivity index (χ1v) is 6.56. The molecule has 0 bridgehead atoms. The Hall–Kier alpha value is -1.38. The van der Waals surface area contributed by atoms with Gasteiger partial charge in [0, 0.05) is 10.6 Å². The molecule has 2 rings (SSSR count). The van der Waals surface area contributed by atoms with Crippen LogP contribution in [-0.4, -0.2) is 0 Å². The predicted molar refractivity (Wildman–Crippen MR) is 78.1 cm³/mol. The molecule has 0 heterocycles.